The van der Waals surface area contributed by atoms with E-state index in [1.165, 1.54) is 12.1 Å². The lowest BCUT2D eigenvalue weighted by Crippen LogP contribution is -2.25. The number of hydrogen-bond acceptors (Lipinski definition) is 3. The fourth-order valence-electron chi connectivity index (χ4n) is 1.40. The summed E-state index contributed by atoms with van der Waals surface area (Å²) in [5.41, 5.74) is 6.13. The molecule has 1 aromatic carbocycles. The van der Waals surface area contributed by atoms with E-state index in [1.54, 1.807) is 6.07 Å². The molecular weight excluding hydrogens is 207 g/mol. The molecular formula is C12H19FN2O. The highest BCUT2D eigenvalue weighted by Crippen LogP contribution is 2.18. The Kier molecular flexibility index (Phi) is 4.71. The van der Waals surface area contributed by atoms with Crippen molar-refractivity contribution < 1.29 is 9.50 Å². The van der Waals surface area contributed by atoms with Gasteiger partial charge in [-0.1, -0.05) is 19.9 Å². The highest BCUT2D eigenvalue weighted by Gasteiger charge is 2.09. The molecule has 90 valence electrons. The van der Waals surface area contributed by atoms with Crippen molar-refractivity contribution in [2.24, 2.45) is 5.92 Å². The van der Waals surface area contributed by atoms with E-state index in [0.717, 1.165) is 6.54 Å². The zero-order chi connectivity index (χ0) is 12.1. The molecule has 0 aliphatic rings. The Morgan fingerprint density at radius 3 is 2.62 bits per heavy atom. The molecule has 0 aliphatic carbocycles. The van der Waals surface area contributed by atoms with Gasteiger partial charge >= 0.3 is 0 Å². The smallest absolute Gasteiger partial charge is 0.146 e. The van der Waals surface area contributed by atoms with Crippen LogP contribution in [0.4, 0.5) is 10.1 Å². The third-order valence-corrected chi connectivity index (χ3v) is 2.30. The number of halogens is 1. The summed E-state index contributed by atoms with van der Waals surface area (Å²) in [6.07, 6.45) is -0.651. The molecule has 0 aromatic heterocycles. The second-order valence-electron chi connectivity index (χ2n) is 4.35. The summed E-state index contributed by atoms with van der Waals surface area (Å²) in [6, 6.07) is 4.29. The fraction of sp³-hybridized carbons (Fsp3) is 0.500. The Morgan fingerprint density at radius 2 is 2.06 bits per heavy atom. The number of nitrogens with two attached hydrogens (primary N) is 1. The molecule has 3 nitrogen and oxygen atoms in total. The third-order valence-electron chi connectivity index (χ3n) is 2.30. The third kappa shape index (κ3) is 3.79. The van der Waals surface area contributed by atoms with Gasteiger partial charge in [-0.3, -0.25) is 0 Å². The summed E-state index contributed by atoms with van der Waals surface area (Å²) in [5, 5.41) is 12.9. The Labute approximate surface area is 95.5 Å². The summed E-state index contributed by atoms with van der Waals surface area (Å²) < 4.78 is 12.9. The molecule has 0 spiro atoms. The minimum atomic E-state index is -0.651. The molecule has 1 atom stereocenters. The molecule has 1 unspecified atom stereocenters. The molecule has 16 heavy (non-hydrogen) atoms. The van der Waals surface area contributed by atoms with Gasteiger partial charge in [0.2, 0.25) is 0 Å². The average Bonchev–Trinajstić information content (AvgIpc) is 2.21. The molecule has 4 heteroatoms. The standard InChI is InChI=1S/C12H19FN2O/c1-8(2)6-15-7-12(16)9-3-4-10(13)11(14)5-9/h3-5,8,12,15-16H,6-7,14H2,1-2H3. The highest BCUT2D eigenvalue weighted by molar-refractivity contribution is 5.43. The number of nitrogens with one attached hydrogen (secondary N) is 1. The maximum Gasteiger partial charge on any atom is 0.146 e. The Bertz CT molecular complexity index is 342. The predicted octanol–water partition coefficient (Wildman–Crippen LogP) is 1.69. The fourth-order valence-corrected chi connectivity index (χ4v) is 1.40. The summed E-state index contributed by atoms with van der Waals surface area (Å²) in [6.45, 7) is 5.47. The number of aliphatic hydroxyl groups is 1. The Balaban J connectivity index is 2.52. The maximum absolute atomic E-state index is 12.9. The van der Waals surface area contributed by atoms with E-state index in [4.69, 9.17) is 5.73 Å². The zero-order valence-corrected chi connectivity index (χ0v) is 9.70. The first kappa shape index (κ1) is 12.9. The molecule has 0 radical (unpaired) electrons. The number of anilines is 1. The second kappa shape index (κ2) is 5.82. The van der Waals surface area contributed by atoms with Crippen LogP contribution in [-0.4, -0.2) is 18.2 Å². The van der Waals surface area contributed by atoms with Crippen molar-refractivity contribution in [2.45, 2.75) is 20.0 Å². The largest absolute Gasteiger partial charge is 0.396 e. The highest BCUT2D eigenvalue weighted by atomic mass is 19.1. The van der Waals surface area contributed by atoms with E-state index in [-0.39, 0.29) is 5.69 Å². The number of benzene rings is 1. The van der Waals surface area contributed by atoms with Gasteiger partial charge in [0.15, 0.2) is 0 Å². The zero-order valence-electron chi connectivity index (χ0n) is 9.70. The van der Waals surface area contributed by atoms with E-state index in [0.29, 0.717) is 18.0 Å². The van der Waals surface area contributed by atoms with Gasteiger partial charge in [0.25, 0.3) is 0 Å². The molecule has 0 saturated carbocycles. The molecule has 0 saturated heterocycles. The number of nitrogen functional groups attached to an aromatic ring is 1. The number of aliphatic hydroxyl groups excluding tert-OH is 1. The quantitative estimate of drug-likeness (QED) is 0.670. The van der Waals surface area contributed by atoms with Crippen LogP contribution in [0.5, 0.6) is 0 Å². The first-order valence-corrected chi connectivity index (χ1v) is 5.44. The van der Waals surface area contributed by atoms with Crippen molar-refractivity contribution in [3.8, 4) is 0 Å². The van der Waals surface area contributed by atoms with E-state index in [9.17, 15) is 9.50 Å². The van der Waals surface area contributed by atoms with Crippen molar-refractivity contribution in [2.75, 3.05) is 18.8 Å². The normalized spacial score (nSPS) is 13.1. The van der Waals surface area contributed by atoms with E-state index in [1.807, 2.05) is 0 Å². The monoisotopic (exact) mass is 226 g/mol. The van der Waals surface area contributed by atoms with E-state index < -0.39 is 11.9 Å². The van der Waals surface area contributed by atoms with Gasteiger partial charge in [-0.25, -0.2) is 4.39 Å². The number of hydrogen-bond donors (Lipinski definition) is 3. The van der Waals surface area contributed by atoms with Gasteiger partial charge in [0.05, 0.1) is 11.8 Å². The van der Waals surface area contributed by atoms with Gasteiger partial charge in [0.1, 0.15) is 5.82 Å². The molecule has 1 aromatic rings. The summed E-state index contributed by atoms with van der Waals surface area (Å²) >= 11 is 0. The van der Waals surface area contributed by atoms with Crippen LogP contribution in [0, 0.1) is 11.7 Å². The van der Waals surface area contributed by atoms with Crippen LogP contribution in [-0.2, 0) is 0 Å². The average molecular weight is 226 g/mol. The maximum atomic E-state index is 12.9. The minimum Gasteiger partial charge on any atom is -0.396 e. The molecule has 0 fully saturated rings. The predicted molar refractivity (Wildman–Crippen MR) is 63.5 cm³/mol. The lowest BCUT2D eigenvalue weighted by molar-refractivity contribution is 0.173. The van der Waals surface area contributed by atoms with Crippen molar-refractivity contribution in [3.05, 3.63) is 29.6 Å². The van der Waals surface area contributed by atoms with Crippen LogP contribution in [0.25, 0.3) is 0 Å². The lowest BCUT2D eigenvalue weighted by atomic mass is 10.1. The first-order chi connectivity index (χ1) is 7.50. The van der Waals surface area contributed by atoms with Crippen LogP contribution >= 0.6 is 0 Å². The van der Waals surface area contributed by atoms with Crippen LogP contribution < -0.4 is 11.1 Å². The van der Waals surface area contributed by atoms with Gasteiger partial charge in [-0.05, 0) is 30.2 Å². The minimum absolute atomic E-state index is 0.0698. The van der Waals surface area contributed by atoms with Crippen LogP contribution in [0.2, 0.25) is 0 Å². The van der Waals surface area contributed by atoms with Crippen LogP contribution in [0.15, 0.2) is 18.2 Å². The summed E-state index contributed by atoms with van der Waals surface area (Å²) in [4.78, 5) is 0. The molecule has 0 aliphatic heterocycles. The molecule has 4 N–H and O–H groups in total. The molecule has 0 heterocycles. The topological polar surface area (TPSA) is 58.3 Å². The van der Waals surface area contributed by atoms with Crippen molar-refractivity contribution >= 4 is 5.69 Å². The van der Waals surface area contributed by atoms with Crippen LogP contribution in [0.1, 0.15) is 25.5 Å². The van der Waals surface area contributed by atoms with Crippen molar-refractivity contribution in [1.29, 1.82) is 0 Å². The number of rotatable bonds is 5. The van der Waals surface area contributed by atoms with Gasteiger partial charge in [-0.2, -0.15) is 0 Å². The molecule has 0 amide bonds. The summed E-state index contributed by atoms with van der Waals surface area (Å²) in [7, 11) is 0. The SMILES string of the molecule is CC(C)CNCC(O)c1ccc(F)c(N)c1. The summed E-state index contributed by atoms with van der Waals surface area (Å²) in [5.74, 6) is 0.0802. The second-order valence-corrected chi connectivity index (χ2v) is 4.35. The van der Waals surface area contributed by atoms with E-state index in [2.05, 4.69) is 19.2 Å². The van der Waals surface area contributed by atoms with Crippen molar-refractivity contribution in [1.82, 2.24) is 5.32 Å². The Hall–Kier alpha value is -1.13. The van der Waals surface area contributed by atoms with Gasteiger partial charge in [-0.15, -0.1) is 0 Å². The lowest BCUT2D eigenvalue weighted by Gasteiger charge is -2.14. The van der Waals surface area contributed by atoms with E-state index >= 15 is 0 Å². The first-order valence-electron chi connectivity index (χ1n) is 5.44. The Morgan fingerprint density at radius 1 is 1.38 bits per heavy atom. The van der Waals surface area contributed by atoms with Crippen LogP contribution in [0.3, 0.4) is 0 Å². The molecule has 0 bridgehead atoms. The van der Waals surface area contributed by atoms with Crippen molar-refractivity contribution in [3.63, 3.8) is 0 Å². The molecule has 1 rings (SSSR count). The van der Waals surface area contributed by atoms with Gasteiger partial charge < -0.3 is 16.2 Å². The van der Waals surface area contributed by atoms with Gasteiger partial charge in [0, 0.05) is 6.54 Å².